The summed E-state index contributed by atoms with van der Waals surface area (Å²) in [6, 6.07) is 7.42. The van der Waals surface area contributed by atoms with E-state index < -0.39 is 0 Å². The number of ether oxygens (including phenoxy) is 1. The van der Waals surface area contributed by atoms with Gasteiger partial charge in [-0.15, -0.1) is 0 Å². The van der Waals surface area contributed by atoms with Crippen LogP contribution in [0.1, 0.15) is 37.3 Å². The molecule has 1 aliphatic rings. The van der Waals surface area contributed by atoms with Crippen molar-refractivity contribution in [2.75, 3.05) is 6.61 Å². The first-order valence-electron chi connectivity index (χ1n) is 5.92. The smallest absolute Gasteiger partial charge is 0.119 e. The van der Waals surface area contributed by atoms with Gasteiger partial charge in [0.25, 0.3) is 0 Å². The standard InChI is InChI=1S/C13H19NO2/c14-13(9-15)10-5-7-12(8-6-10)16-11-3-1-2-4-11/h5-8,11,13,15H,1-4,9,14H2/t13-/m0/s1. The summed E-state index contributed by atoms with van der Waals surface area (Å²) >= 11 is 0. The quantitative estimate of drug-likeness (QED) is 0.817. The minimum absolute atomic E-state index is 0.0250. The monoisotopic (exact) mass is 221 g/mol. The molecular formula is C13H19NO2. The lowest BCUT2D eigenvalue weighted by Gasteiger charge is -2.14. The van der Waals surface area contributed by atoms with Crippen LogP contribution in [0.25, 0.3) is 0 Å². The molecule has 0 bridgehead atoms. The van der Waals surface area contributed by atoms with Crippen LogP contribution in [0.15, 0.2) is 24.3 Å². The van der Waals surface area contributed by atoms with Crippen molar-refractivity contribution in [3.05, 3.63) is 29.8 Å². The molecule has 0 spiro atoms. The Bertz CT molecular complexity index is 317. The fourth-order valence-corrected chi connectivity index (χ4v) is 2.10. The van der Waals surface area contributed by atoms with E-state index in [9.17, 15) is 0 Å². The highest BCUT2D eigenvalue weighted by molar-refractivity contribution is 5.29. The molecule has 1 aliphatic carbocycles. The molecule has 3 heteroatoms. The van der Waals surface area contributed by atoms with E-state index in [1.54, 1.807) is 0 Å². The molecule has 0 saturated heterocycles. The van der Waals surface area contributed by atoms with Gasteiger partial charge in [-0.3, -0.25) is 0 Å². The summed E-state index contributed by atoms with van der Waals surface area (Å²) in [4.78, 5) is 0. The van der Waals surface area contributed by atoms with Crippen molar-refractivity contribution in [3.63, 3.8) is 0 Å². The van der Waals surface area contributed by atoms with Crippen molar-refractivity contribution in [2.45, 2.75) is 37.8 Å². The third kappa shape index (κ3) is 2.74. The molecule has 88 valence electrons. The van der Waals surface area contributed by atoms with E-state index in [4.69, 9.17) is 15.6 Å². The molecular weight excluding hydrogens is 202 g/mol. The van der Waals surface area contributed by atoms with Crippen LogP contribution in [-0.4, -0.2) is 17.8 Å². The topological polar surface area (TPSA) is 55.5 Å². The zero-order valence-corrected chi connectivity index (χ0v) is 9.43. The molecule has 1 atom stereocenters. The third-order valence-electron chi connectivity index (χ3n) is 3.11. The summed E-state index contributed by atoms with van der Waals surface area (Å²) in [5.41, 5.74) is 6.66. The highest BCUT2D eigenvalue weighted by Gasteiger charge is 2.16. The van der Waals surface area contributed by atoms with Crippen LogP contribution in [-0.2, 0) is 0 Å². The summed E-state index contributed by atoms with van der Waals surface area (Å²) in [5, 5.41) is 8.93. The molecule has 16 heavy (non-hydrogen) atoms. The summed E-state index contributed by atoms with van der Waals surface area (Å²) < 4.78 is 5.84. The minimum Gasteiger partial charge on any atom is -0.490 e. The summed E-state index contributed by atoms with van der Waals surface area (Å²) in [6.45, 7) is -0.0250. The van der Waals surface area contributed by atoms with Gasteiger partial charge in [-0.2, -0.15) is 0 Å². The van der Waals surface area contributed by atoms with Gasteiger partial charge in [0.2, 0.25) is 0 Å². The highest BCUT2D eigenvalue weighted by atomic mass is 16.5. The molecule has 1 aromatic rings. The highest BCUT2D eigenvalue weighted by Crippen LogP contribution is 2.24. The van der Waals surface area contributed by atoms with Crippen LogP contribution in [0.4, 0.5) is 0 Å². The zero-order chi connectivity index (χ0) is 11.4. The first-order valence-corrected chi connectivity index (χ1v) is 5.92. The number of nitrogens with two attached hydrogens (primary N) is 1. The van der Waals surface area contributed by atoms with Gasteiger partial charge in [-0.1, -0.05) is 12.1 Å². The Hall–Kier alpha value is -1.06. The predicted octanol–water partition coefficient (Wildman–Crippen LogP) is 2.00. The van der Waals surface area contributed by atoms with E-state index in [1.165, 1.54) is 12.8 Å². The van der Waals surface area contributed by atoms with Gasteiger partial charge in [0, 0.05) is 0 Å². The second-order valence-corrected chi connectivity index (χ2v) is 4.38. The molecule has 0 radical (unpaired) electrons. The summed E-state index contributed by atoms with van der Waals surface area (Å²) in [5.74, 6) is 0.904. The summed E-state index contributed by atoms with van der Waals surface area (Å²) in [7, 11) is 0. The third-order valence-corrected chi connectivity index (χ3v) is 3.11. The molecule has 2 rings (SSSR count). The van der Waals surface area contributed by atoms with Crippen molar-refractivity contribution in [3.8, 4) is 5.75 Å². The maximum atomic E-state index is 8.93. The second kappa shape index (κ2) is 5.32. The van der Waals surface area contributed by atoms with Gasteiger partial charge in [-0.05, 0) is 43.4 Å². The van der Waals surface area contributed by atoms with Gasteiger partial charge in [0.1, 0.15) is 5.75 Å². The Morgan fingerprint density at radius 1 is 1.25 bits per heavy atom. The van der Waals surface area contributed by atoms with E-state index in [1.807, 2.05) is 24.3 Å². The fraction of sp³-hybridized carbons (Fsp3) is 0.538. The van der Waals surface area contributed by atoms with Crippen molar-refractivity contribution < 1.29 is 9.84 Å². The number of benzene rings is 1. The van der Waals surface area contributed by atoms with Crippen molar-refractivity contribution >= 4 is 0 Å². The Kier molecular flexibility index (Phi) is 3.80. The Balaban J connectivity index is 1.96. The number of aliphatic hydroxyl groups excluding tert-OH is 1. The van der Waals surface area contributed by atoms with Crippen LogP contribution >= 0.6 is 0 Å². The van der Waals surface area contributed by atoms with Gasteiger partial charge < -0.3 is 15.6 Å². The zero-order valence-electron chi connectivity index (χ0n) is 9.43. The lowest BCUT2D eigenvalue weighted by Crippen LogP contribution is -2.14. The van der Waals surface area contributed by atoms with Crippen LogP contribution in [0.2, 0.25) is 0 Å². The van der Waals surface area contributed by atoms with Crippen LogP contribution < -0.4 is 10.5 Å². The first kappa shape index (κ1) is 11.4. The van der Waals surface area contributed by atoms with Gasteiger partial charge in [0.15, 0.2) is 0 Å². The average molecular weight is 221 g/mol. The maximum absolute atomic E-state index is 8.93. The fourth-order valence-electron chi connectivity index (χ4n) is 2.10. The van der Waals surface area contributed by atoms with E-state index in [0.29, 0.717) is 6.10 Å². The van der Waals surface area contributed by atoms with E-state index in [2.05, 4.69) is 0 Å². The lowest BCUT2D eigenvalue weighted by molar-refractivity contribution is 0.210. The number of rotatable bonds is 4. The van der Waals surface area contributed by atoms with Crippen molar-refractivity contribution in [1.82, 2.24) is 0 Å². The number of aliphatic hydroxyl groups is 1. The second-order valence-electron chi connectivity index (χ2n) is 4.38. The van der Waals surface area contributed by atoms with E-state index >= 15 is 0 Å². The lowest BCUT2D eigenvalue weighted by atomic mass is 10.1. The van der Waals surface area contributed by atoms with Gasteiger partial charge >= 0.3 is 0 Å². The molecule has 1 saturated carbocycles. The number of hydrogen-bond acceptors (Lipinski definition) is 3. The minimum atomic E-state index is -0.291. The maximum Gasteiger partial charge on any atom is 0.119 e. The van der Waals surface area contributed by atoms with Crippen molar-refractivity contribution in [1.29, 1.82) is 0 Å². The van der Waals surface area contributed by atoms with E-state index in [-0.39, 0.29) is 12.6 Å². The molecule has 1 fully saturated rings. The average Bonchev–Trinajstić information content (AvgIpc) is 2.82. The van der Waals surface area contributed by atoms with Crippen molar-refractivity contribution in [2.24, 2.45) is 5.73 Å². The van der Waals surface area contributed by atoms with Gasteiger partial charge in [0.05, 0.1) is 18.8 Å². The largest absolute Gasteiger partial charge is 0.490 e. The Morgan fingerprint density at radius 3 is 2.44 bits per heavy atom. The molecule has 0 amide bonds. The number of hydrogen-bond donors (Lipinski definition) is 2. The van der Waals surface area contributed by atoms with Crippen LogP contribution in [0.3, 0.4) is 0 Å². The van der Waals surface area contributed by atoms with E-state index in [0.717, 1.165) is 24.2 Å². The van der Waals surface area contributed by atoms with Crippen LogP contribution in [0.5, 0.6) is 5.75 Å². The van der Waals surface area contributed by atoms with Gasteiger partial charge in [-0.25, -0.2) is 0 Å². The molecule has 3 N–H and O–H groups in total. The first-order chi connectivity index (χ1) is 7.79. The molecule has 3 nitrogen and oxygen atoms in total. The molecule has 0 unspecified atom stereocenters. The SMILES string of the molecule is N[C@@H](CO)c1ccc(OC2CCCC2)cc1. The Morgan fingerprint density at radius 2 is 1.88 bits per heavy atom. The molecule has 0 aliphatic heterocycles. The predicted molar refractivity (Wildman–Crippen MR) is 63.3 cm³/mol. The molecule has 1 aromatic carbocycles. The molecule has 0 heterocycles. The molecule has 0 aromatic heterocycles. The normalized spacial score (nSPS) is 18.6. The Labute approximate surface area is 96.2 Å². The summed E-state index contributed by atoms with van der Waals surface area (Å²) in [6.07, 6.45) is 5.27. The van der Waals surface area contributed by atoms with Crippen LogP contribution in [0, 0.1) is 0 Å².